The second kappa shape index (κ2) is 8.83. The predicted molar refractivity (Wildman–Crippen MR) is 104 cm³/mol. The average Bonchev–Trinajstić information content (AvgIpc) is 3.15. The first-order chi connectivity index (χ1) is 13.7. The highest BCUT2D eigenvalue weighted by Crippen LogP contribution is 2.39. The minimum absolute atomic E-state index is 0.0407. The van der Waals surface area contributed by atoms with Crippen molar-refractivity contribution in [3.05, 3.63) is 28.3 Å². The maximum absolute atomic E-state index is 12.1. The van der Waals surface area contributed by atoms with E-state index in [9.17, 15) is 23.1 Å². The number of aliphatic hydroxyl groups excluding tert-OH is 1. The van der Waals surface area contributed by atoms with Crippen molar-refractivity contribution < 1.29 is 37.3 Å². The highest BCUT2D eigenvalue weighted by atomic mass is 35.5. The zero-order valence-corrected chi connectivity index (χ0v) is 17.3. The van der Waals surface area contributed by atoms with Gasteiger partial charge in [0.25, 0.3) is 0 Å². The first-order valence-electron chi connectivity index (χ1n) is 9.08. The number of carbonyl (C=O) groups excluding carboxylic acids is 2. The van der Waals surface area contributed by atoms with Crippen LogP contribution in [0.4, 0.5) is 0 Å². The highest BCUT2D eigenvalue weighted by Gasteiger charge is 2.30. The largest absolute Gasteiger partial charge is 0.506 e. The van der Waals surface area contributed by atoms with Crippen molar-refractivity contribution in [2.45, 2.75) is 36.9 Å². The molecular weight excluding hydrogens is 424 g/mol. The lowest BCUT2D eigenvalue weighted by Crippen LogP contribution is -2.20. The van der Waals surface area contributed by atoms with Crippen molar-refractivity contribution in [3.8, 4) is 5.75 Å². The van der Waals surface area contributed by atoms with Gasteiger partial charge in [-0.25, -0.2) is 8.42 Å². The summed E-state index contributed by atoms with van der Waals surface area (Å²) in [6, 6.07) is 2.48. The molecule has 0 spiro atoms. The Balaban J connectivity index is 1.98. The Kier molecular flexibility index (Phi) is 6.62. The maximum atomic E-state index is 12.1. The minimum Gasteiger partial charge on any atom is -0.506 e. The molecular formula is C19H21ClO8S. The summed E-state index contributed by atoms with van der Waals surface area (Å²) in [6.45, 7) is 0.990. The van der Waals surface area contributed by atoms with Gasteiger partial charge in [-0.05, 0) is 18.6 Å². The molecule has 3 rings (SSSR count). The molecule has 8 nitrogen and oxygen atoms in total. The Morgan fingerprint density at radius 3 is 2.41 bits per heavy atom. The van der Waals surface area contributed by atoms with Gasteiger partial charge in [0.05, 0.1) is 24.8 Å². The minimum atomic E-state index is -3.70. The van der Waals surface area contributed by atoms with Gasteiger partial charge in [0.15, 0.2) is 33.4 Å². The van der Waals surface area contributed by atoms with E-state index < -0.39 is 33.5 Å². The van der Waals surface area contributed by atoms with Gasteiger partial charge in [0, 0.05) is 31.1 Å². The lowest BCUT2D eigenvalue weighted by atomic mass is 9.90. The van der Waals surface area contributed by atoms with Gasteiger partial charge in [-0.2, -0.15) is 0 Å². The Bertz CT molecular complexity index is 943. The lowest BCUT2D eigenvalue weighted by Gasteiger charge is -2.18. The Morgan fingerprint density at radius 2 is 1.83 bits per heavy atom. The van der Waals surface area contributed by atoms with Gasteiger partial charge < -0.3 is 19.3 Å². The van der Waals surface area contributed by atoms with E-state index in [0.717, 1.165) is 6.26 Å². The summed E-state index contributed by atoms with van der Waals surface area (Å²) in [5, 5.41) is 10.4. The van der Waals surface area contributed by atoms with Crippen LogP contribution in [0.1, 0.15) is 31.2 Å². The number of hydrogen-bond donors (Lipinski definition) is 1. The average molecular weight is 445 g/mol. The number of ether oxygens (including phenoxy) is 3. The quantitative estimate of drug-likeness (QED) is 0.404. The van der Waals surface area contributed by atoms with Crippen LogP contribution in [0.15, 0.2) is 22.6 Å². The molecule has 0 unspecified atom stereocenters. The van der Waals surface area contributed by atoms with Crippen LogP contribution in [0, 0.1) is 0 Å². The van der Waals surface area contributed by atoms with E-state index >= 15 is 0 Å². The summed E-state index contributed by atoms with van der Waals surface area (Å²) in [6.07, 6.45) is 1.61. The first kappa shape index (κ1) is 21.8. The smallest absolute Gasteiger partial charge is 0.179 e. The van der Waals surface area contributed by atoms with Gasteiger partial charge in [-0.15, -0.1) is 0 Å². The second-order valence-electron chi connectivity index (χ2n) is 6.76. The number of allylic oxidation sites excluding steroid dienone is 1. The summed E-state index contributed by atoms with van der Waals surface area (Å²) in [5.41, 5.74) is -0.356. The van der Waals surface area contributed by atoms with Crippen LogP contribution >= 0.6 is 11.6 Å². The van der Waals surface area contributed by atoms with Crippen LogP contribution in [0.5, 0.6) is 5.75 Å². The standard InChI is InChI=1S/C19H21ClO8S/c1-29(24,25)14-6-5-11(18(23)16-12(21)3-2-4-13(16)22)17(20)19(14)28-8-7-15-26-9-10-27-15/h5-6,15,23H,2-4,7-10H2,1H3. The Labute approximate surface area is 173 Å². The van der Waals surface area contributed by atoms with Crippen molar-refractivity contribution in [1.29, 1.82) is 0 Å². The number of ketones is 2. The molecule has 158 valence electrons. The predicted octanol–water partition coefficient (Wildman–Crippen LogP) is 2.48. The summed E-state index contributed by atoms with van der Waals surface area (Å²) in [5.74, 6) is -1.68. The number of aliphatic hydroxyl groups is 1. The topological polar surface area (TPSA) is 116 Å². The van der Waals surface area contributed by atoms with Crippen molar-refractivity contribution >= 4 is 38.8 Å². The molecule has 0 atom stereocenters. The number of carbonyl (C=O) groups is 2. The maximum Gasteiger partial charge on any atom is 0.179 e. The molecule has 0 amide bonds. The fourth-order valence-corrected chi connectivity index (χ4v) is 4.37. The van der Waals surface area contributed by atoms with Crippen molar-refractivity contribution in [2.75, 3.05) is 26.1 Å². The summed E-state index contributed by atoms with van der Waals surface area (Å²) in [4.78, 5) is 24.1. The number of benzene rings is 1. The number of Topliss-reactive ketones (excluding diaryl/α,β-unsaturated/α-hetero) is 2. The molecule has 29 heavy (non-hydrogen) atoms. The second-order valence-corrected chi connectivity index (χ2v) is 9.12. The zero-order chi connectivity index (χ0) is 21.2. The number of halogens is 1. The first-order valence-corrected chi connectivity index (χ1v) is 11.4. The van der Waals surface area contributed by atoms with E-state index in [0.29, 0.717) is 26.1 Å². The monoisotopic (exact) mass is 444 g/mol. The van der Waals surface area contributed by atoms with Gasteiger partial charge in [-0.3, -0.25) is 9.59 Å². The molecule has 1 saturated carbocycles. The van der Waals surface area contributed by atoms with E-state index in [1.54, 1.807) is 0 Å². The van der Waals surface area contributed by atoms with E-state index in [-0.39, 0.29) is 46.3 Å². The highest BCUT2D eigenvalue weighted by molar-refractivity contribution is 7.90. The summed E-state index contributed by atoms with van der Waals surface area (Å²) >= 11 is 6.36. The molecule has 0 radical (unpaired) electrons. The molecule has 1 N–H and O–H groups in total. The van der Waals surface area contributed by atoms with Crippen LogP contribution in [-0.4, -0.2) is 57.5 Å². The fourth-order valence-electron chi connectivity index (χ4n) is 3.19. The van der Waals surface area contributed by atoms with Crippen molar-refractivity contribution in [1.82, 2.24) is 0 Å². The van der Waals surface area contributed by atoms with E-state index in [1.165, 1.54) is 12.1 Å². The summed E-state index contributed by atoms with van der Waals surface area (Å²) < 4.78 is 40.5. The van der Waals surface area contributed by atoms with Gasteiger partial charge in [-0.1, -0.05) is 11.6 Å². The third-order valence-electron chi connectivity index (χ3n) is 4.61. The third-order valence-corrected chi connectivity index (χ3v) is 6.10. The summed E-state index contributed by atoms with van der Waals surface area (Å²) in [7, 11) is -3.70. The van der Waals surface area contributed by atoms with Crippen LogP contribution in [0.3, 0.4) is 0 Å². The molecule has 0 bridgehead atoms. The van der Waals surface area contributed by atoms with Crippen molar-refractivity contribution in [2.24, 2.45) is 0 Å². The van der Waals surface area contributed by atoms with E-state index in [4.69, 9.17) is 25.8 Å². The van der Waals surface area contributed by atoms with Crippen LogP contribution in [-0.2, 0) is 28.9 Å². The fraction of sp³-hybridized carbons (Fsp3) is 0.474. The molecule has 0 aromatic heterocycles. The number of rotatable bonds is 6. The molecule has 1 aliphatic heterocycles. The zero-order valence-electron chi connectivity index (χ0n) is 15.8. The van der Waals surface area contributed by atoms with Crippen LogP contribution in [0.2, 0.25) is 5.02 Å². The number of hydrogen-bond acceptors (Lipinski definition) is 8. The van der Waals surface area contributed by atoms with Gasteiger partial charge in [0.2, 0.25) is 0 Å². The SMILES string of the molecule is CS(=O)(=O)c1ccc(C(O)=C2C(=O)CCCC2=O)c(Cl)c1OCCC1OCCO1. The van der Waals surface area contributed by atoms with Gasteiger partial charge in [0.1, 0.15) is 16.2 Å². The van der Waals surface area contributed by atoms with Crippen LogP contribution < -0.4 is 4.74 Å². The van der Waals surface area contributed by atoms with Crippen LogP contribution in [0.25, 0.3) is 5.76 Å². The molecule has 1 heterocycles. The molecule has 1 saturated heterocycles. The number of sulfone groups is 1. The Hall–Kier alpha value is -1.94. The van der Waals surface area contributed by atoms with Crippen molar-refractivity contribution in [3.63, 3.8) is 0 Å². The van der Waals surface area contributed by atoms with Gasteiger partial charge >= 0.3 is 0 Å². The lowest BCUT2D eigenvalue weighted by molar-refractivity contribution is -0.123. The molecule has 2 fully saturated rings. The van der Waals surface area contributed by atoms with E-state index in [1.807, 2.05) is 0 Å². The molecule has 1 aromatic rings. The molecule has 10 heteroatoms. The molecule has 2 aliphatic rings. The van der Waals surface area contributed by atoms with E-state index in [2.05, 4.69) is 0 Å². The third kappa shape index (κ3) is 4.80. The molecule has 1 aromatic carbocycles. The Morgan fingerprint density at radius 1 is 1.21 bits per heavy atom. The normalized spacial score (nSPS) is 18.3. The molecule has 1 aliphatic carbocycles.